The van der Waals surface area contributed by atoms with Crippen molar-refractivity contribution in [1.29, 1.82) is 0 Å². The summed E-state index contributed by atoms with van der Waals surface area (Å²) in [6.45, 7) is 1.75. The molecule has 2 unspecified atom stereocenters. The second-order valence-corrected chi connectivity index (χ2v) is 5.80. The van der Waals surface area contributed by atoms with Gasteiger partial charge in [0.1, 0.15) is 5.78 Å². The number of hydrogen-bond donors (Lipinski definition) is 1. The summed E-state index contributed by atoms with van der Waals surface area (Å²) in [4.78, 5) is 11.7. The molecule has 4 aliphatic carbocycles. The third kappa shape index (κ3) is 0.979. The standard InChI is InChI=1S/C12H18O2/c1-7(13)12-4-8-2-9(5-12)11(14)10(3-8)6-12/h8-11,14H,2-6H2,1H3. The largest absolute Gasteiger partial charge is 0.393 e. The Hall–Kier alpha value is -0.370. The number of hydrogen-bond acceptors (Lipinski definition) is 2. The van der Waals surface area contributed by atoms with Crippen LogP contribution in [0, 0.1) is 23.2 Å². The van der Waals surface area contributed by atoms with Gasteiger partial charge in [-0.2, -0.15) is 0 Å². The lowest BCUT2D eigenvalue weighted by Gasteiger charge is -2.57. The molecule has 1 N–H and O–H groups in total. The number of aliphatic hydroxyl groups is 1. The number of rotatable bonds is 1. The monoisotopic (exact) mass is 194 g/mol. The van der Waals surface area contributed by atoms with Gasteiger partial charge in [0.15, 0.2) is 0 Å². The molecule has 0 radical (unpaired) electrons. The molecular formula is C12H18O2. The van der Waals surface area contributed by atoms with E-state index in [1.54, 1.807) is 6.92 Å². The molecule has 0 aromatic heterocycles. The van der Waals surface area contributed by atoms with Gasteiger partial charge in [-0.3, -0.25) is 4.79 Å². The van der Waals surface area contributed by atoms with Gasteiger partial charge in [0.25, 0.3) is 0 Å². The van der Waals surface area contributed by atoms with E-state index in [1.165, 1.54) is 12.8 Å². The van der Waals surface area contributed by atoms with Gasteiger partial charge in [-0.1, -0.05) is 0 Å². The molecule has 4 fully saturated rings. The minimum Gasteiger partial charge on any atom is -0.393 e. The summed E-state index contributed by atoms with van der Waals surface area (Å²) in [7, 11) is 0. The summed E-state index contributed by atoms with van der Waals surface area (Å²) >= 11 is 0. The van der Waals surface area contributed by atoms with E-state index in [1.807, 2.05) is 0 Å². The lowest BCUT2D eigenvalue weighted by Crippen LogP contribution is -2.55. The Morgan fingerprint density at radius 1 is 1.21 bits per heavy atom. The summed E-state index contributed by atoms with van der Waals surface area (Å²) < 4.78 is 0. The van der Waals surface area contributed by atoms with Gasteiger partial charge in [-0.25, -0.2) is 0 Å². The number of aliphatic hydroxyl groups excluding tert-OH is 1. The molecule has 0 saturated heterocycles. The van der Waals surface area contributed by atoms with E-state index in [9.17, 15) is 9.90 Å². The van der Waals surface area contributed by atoms with Gasteiger partial charge in [-0.15, -0.1) is 0 Å². The molecule has 4 aliphatic rings. The predicted octanol–water partition coefficient (Wildman–Crippen LogP) is 1.76. The van der Waals surface area contributed by atoms with Crippen LogP contribution in [-0.2, 0) is 4.79 Å². The molecular weight excluding hydrogens is 176 g/mol. The Morgan fingerprint density at radius 2 is 1.79 bits per heavy atom. The molecule has 2 atom stereocenters. The van der Waals surface area contributed by atoms with Gasteiger partial charge < -0.3 is 5.11 Å². The zero-order valence-corrected chi connectivity index (χ0v) is 8.70. The van der Waals surface area contributed by atoms with Gasteiger partial charge in [-0.05, 0) is 56.8 Å². The third-order valence-electron chi connectivity index (χ3n) is 4.97. The average Bonchev–Trinajstić information content (AvgIpc) is 2.12. The normalized spacial score (nSPS) is 55.0. The van der Waals surface area contributed by atoms with Crippen molar-refractivity contribution in [3.8, 4) is 0 Å². The lowest BCUT2D eigenvalue weighted by atomic mass is 9.47. The smallest absolute Gasteiger partial charge is 0.135 e. The fourth-order valence-electron chi connectivity index (χ4n) is 4.43. The highest BCUT2D eigenvalue weighted by Gasteiger charge is 2.56. The maximum Gasteiger partial charge on any atom is 0.135 e. The molecule has 4 bridgehead atoms. The second kappa shape index (κ2) is 2.60. The van der Waals surface area contributed by atoms with E-state index < -0.39 is 0 Å². The highest BCUT2D eigenvalue weighted by molar-refractivity contribution is 5.82. The van der Waals surface area contributed by atoms with Crippen molar-refractivity contribution in [2.75, 3.05) is 0 Å². The summed E-state index contributed by atoms with van der Waals surface area (Å²) in [5, 5.41) is 10.0. The maximum absolute atomic E-state index is 11.7. The topological polar surface area (TPSA) is 37.3 Å². The Morgan fingerprint density at radius 3 is 2.29 bits per heavy atom. The van der Waals surface area contributed by atoms with Gasteiger partial charge in [0.2, 0.25) is 0 Å². The SMILES string of the molecule is CC(=O)C12CC3CC(C1)C(O)C(C3)C2. The molecule has 0 heterocycles. The first kappa shape index (κ1) is 8.90. The van der Waals surface area contributed by atoms with Gasteiger partial charge in [0.05, 0.1) is 6.10 Å². The molecule has 0 amide bonds. The van der Waals surface area contributed by atoms with E-state index in [2.05, 4.69) is 0 Å². The molecule has 2 nitrogen and oxygen atoms in total. The molecule has 0 aromatic rings. The Balaban J connectivity index is 1.96. The van der Waals surface area contributed by atoms with Crippen LogP contribution < -0.4 is 0 Å². The van der Waals surface area contributed by atoms with Crippen molar-refractivity contribution in [2.45, 2.75) is 45.1 Å². The van der Waals surface area contributed by atoms with Crippen molar-refractivity contribution < 1.29 is 9.90 Å². The van der Waals surface area contributed by atoms with Crippen LogP contribution in [0.3, 0.4) is 0 Å². The highest BCUT2D eigenvalue weighted by atomic mass is 16.3. The molecule has 2 heteroatoms. The van der Waals surface area contributed by atoms with E-state index in [-0.39, 0.29) is 11.5 Å². The Labute approximate surface area is 84.7 Å². The first-order valence-corrected chi connectivity index (χ1v) is 5.80. The van der Waals surface area contributed by atoms with Crippen LogP contribution in [-0.4, -0.2) is 17.0 Å². The fraction of sp³-hybridized carbons (Fsp3) is 0.917. The number of Topliss-reactive ketones (excluding diaryl/α,β-unsaturated/α-hetero) is 1. The van der Waals surface area contributed by atoms with Crippen LogP contribution in [0.15, 0.2) is 0 Å². The van der Waals surface area contributed by atoms with Gasteiger partial charge >= 0.3 is 0 Å². The molecule has 0 aliphatic heterocycles. The molecule has 0 aromatic carbocycles. The maximum atomic E-state index is 11.7. The molecule has 0 spiro atoms. The quantitative estimate of drug-likeness (QED) is 0.690. The summed E-state index contributed by atoms with van der Waals surface area (Å²) in [5.41, 5.74) is -0.0181. The van der Waals surface area contributed by atoms with Crippen molar-refractivity contribution in [1.82, 2.24) is 0 Å². The first-order chi connectivity index (χ1) is 6.61. The molecule has 14 heavy (non-hydrogen) atoms. The van der Waals surface area contributed by atoms with Crippen molar-refractivity contribution in [2.24, 2.45) is 23.2 Å². The van der Waals surface area contributed by atoms with Crippen LogP contribution >= 0.6 is 0 Å². The van der Waals surface area contributed by atoms with Crippen LogP contribution in [0.2, 0.25) is 0 Å². The third-order valence-corrected chi connectivity index (χ3v) is 4.97. The van der Waals surface area contributed by atoms with Crippen LogP contribution in [0.1, 0.15) is 39.0 Å². The van der Waals surface area contributed by atoms with Crippen LogP contribution in [0.4, 0.5) is 0 Å². The highest BCUT2D eigenvalue weighted by Crippen LogP contribution is 2.60. The molecule has 4 saturated carbocycles. The molecule has 4 rings (SSSR count). The summed E-state index contributed by atoms with van der Waals surface area (Å²) in [6.07, 6.45) is 5.30. The first-order valence-electron chi connectivity index (χ1n) is 5.80. The van der Waals surface area contributed by atoms with Crippen molar-refractivity contribution >= 4 is 5.78 Å². The van der Waals surface area contributed by atoms with E-state index in [4.69, 9.17) is 0 Å². The Kier molecular flexibility index (Phi) is 1.65. The van der Waals surface area contributed by atoms with Crippen molar-refractivity contribution in [3.63, 3.8) is 0 Å². The number of carbonyl (C=O) groups is 1. The fourth-order valence-corrected chi connectivity index (χ4v) is 4.43. The summed E-state index contributed by atoms with van der Waals surface area (Å²) in [5.74, 6) is 1.99. The zero-order chi connectivity index (χ0) is 9.92. The van der Waals surface area contributed by atoms with Gasteiger partial charge in [0, 0.05) is 5.41 Å². The van der Waals surface area contributed by atoms with E-state index >= 15 is 0 Å². The minimum absolute atomic E-state index is 0.0181. The van der Waals surface area contributed by atoms with Crippen LogP contribution in [0.5, 0.6) is 0 Å². The van der Waals surface area contributed by atoms with E-state index in [0.717, 1.165) is 25.2 Å². The average molecular weight is 194 g/mol. The predicted molar refractivity (Wildman–Crippen MR) is 52.7 cm³/mol. The Bertz CT molecular complexity index is 268. The number of carbonyl (C=O) groups excluding carboxylic acids is 1. The van der Waals surface area contributed by atoms with E-state index in [0.29, 0.717) is 17.6 Å². The van der Waals surface area contributed by atoms with Crippen molar-refractivity contribution in [3.05, 3.63) is 0 Å². The molecule has 78 valence electrons. The summed E-state index contributed by atoms with van der Waals surface area (Å²) in [6, 6.07) is 0. The second-order valence-electron chi connectivity index (χ2n) is 5.80. The lowest BCUT2D eigenvalue weighted by molar-refractivity contribution is -0.159. The minimum atomic E-state index is -0.0981. The zero-order valence-electron chi connectivity index (χ0n) is 8.70. The number of ketones is 1. The van der Waals surface area contributed by atoms with Crippen LogP contribution in [0.25, 0.3) is 0 Å².